The van der Waals surface area contributed by atoms with Crippen LogP contribution in [0.5, 0.6) is 5.88 Å². The summed E-state index contributed by atoms with van der Waals surface area (Å²) in [5.74, 6) is 0.551. The summed E-state index contributed by atoms with van der Waals surface area (Å²) in [4.78, 5) is 24.0. The first-order valence-corrected chi connectivity index (χ1v) is 10.00. The van der Waals surface area contributed by atoms with Gasteiger partial charge in [0.05, 0.1) is 17.2 Å². The largest absolute Gasteiger partial charge is 0.479 e. The third-order valence-electron chi connectivity index (χ3n) is 5.11. The second-order valence-corrected chi connectivity index (χ2v) is 8.51. The molecule has 1 saturated carbocycles. The van der Waals surface area contributed by atoms with Crippen LogP contribution in [0.2, 0.25) is 0 Å². The number of nitrogens with one attached hydrogen (secondary N) is 1. The highest BCUT2D eigenvalue weighted by atomic mass is 32.1. The molecule has 0 atom stereocenters. The summed E-state index contributed by atoms with van der Waals surface area (Å²) in [7, 11) is 5.60. The lowest BCUT2D eigenvalue weighted by molar-refractivity contribution is -0.121. The molecule has 0 spiro atoms. The number of allylic oxidation sites excluding steroid dienone is 4. The van der Waals surface area contributed by atoms with Crippen LogP contribution >= 0.6 is 11.3 Å². The molecule has 7 heteroatoms. The highest BCUT2D eigenvalue weighted by Gasteiger charge is 2.50. The summed E-state index contributed by atoms with van der Waals surface area (Å²) >= 11 is 1.50. The summed E-state index contributed by atoms with van der Waals surface area (Å²) in [6, 6.07) is 0. The zero-order valence-corrected chi connectivity index (χ0v) is 16.7. The van der Waals surface area contributed by atoms with Gasteiger partial charge in [-0.2, -0.15) is 0 Å². The number of hydrogen-bond acceptors (Lipinski definition) is 6. The lowest BCUT2D eigenvalue weighted by Gasteiger charge is -2.18. The molecule has 1 fully saturated rings. The van der Waals surface area contributed by atoms with E-state index in [4.69, 9.17) is 4.74 Å². The third kappa shape index (κ3) is 3.49. The van der Waals surface area contributed by atoms with Crippen LogP contribution in [0.3, 0.4) is 0 Å². The van der Waals surface area contributed by atoms with Crippen LogP contribution in [0.1, 0.15) is 31.2 Å². The minimum Gasteiger partial charge on any atom is -0.479 e. The molecule has 0 bridgehead atoms. The first-order valence-electron chi connectivity index (χ1n) is 9.18. The SMILES string of the molecule is COc1ncc(C2=CC=CCC2)c2sc(NC(=O)C3(CN(C)C)CC3)nc12. The molecule has 142 valence electrons. The molecule has 0 aliphatic heterocycles. The highest BCUT2D eigenvalue weighted by molar-refractivity contribution is 7.22. The molecule has 1 N–H and O–H groups in total. The second kappa shape index (κ2) is 7.05. The highest BCUT2D eigenvalue weighted by Crippen LogP contribution is 2.47. The van der Waals surface area contributed by atoms with Gasteiger partial charge in [-0.1, -0.05) is 29.6 Å². The maximum absolute atomic E-state index is 12.8. The zero-order valence-electron chi connectivity index (χ0n) is 15.9. The minimum absolute atomic E-state index is 0.0588. The van der Waals surface area contributed by atoms with Gasteiger partial charge in [-0.25, -0.2) is 9.97 Å². The van der Waals surface area contributed by atoms with Gasteiger partial charge in [0.1, 0.15) is 5.52 Å². The van der Waals surface area contributed by atoms with E-state index in [-0.39, 0.29) is 11.3 Å². The maximum Gasteiger partial charge on any atom is 0.241 e. The lowest BCUT2D eigenvalue weighted by Crippen LogP contribution is -2.33. The van der Waals surface area contributed by atoms with Gasteiger partial charge >= 0.3 is 0 Å². The Labute approximate surface area is 162 Å². The number of thiazole rings is 1. The van der Waals surface area contributed by atoms with Gasteiger partial charge in [0, 0.05) is 18.3 Å². The van der Waals surface area contributed by atoms with Crippen molar-refractivity contribution in [3.63, 3.8) is 0 Å². The van der Waals surface area contributed by atoms with E-state index in [2.05, 4.69) is 38.4 Å². The zero-order chi connectivity index (χ0) is 19.0. The molecule has 2 aromatic rings. The Balaban J connectivity index is 1.68. The molecule has 6 nitrogen and oxygen atoms in total. The monoisotopic (exact) mass is 384 g/mol. The Hall–Kier alpha value is -2.25. The summed E-state index contributed by atoms with van der Waals surface area (Å²) in [6.07, 6.45) is 12.1. The number of rotatable bonds is 6. The average Bonchev–Trinajstić information content (AvgIpc) is 3.31. The van der Waals surface area contributed by atoms with E-state index in [1.807, 2.05) is 20.3 Å². The first kappa shape index (κ1) is 18.1. The van der Waals surface area contributed by atoms with Crippen LogP contribution < -0.4 is 10.1 Å². The van der Waals surface area contributed by atoms with E-state index in [9.17, 15) is 4.79 Å². The van der Waals surface area contributed by atoms with E-state index in [1.165, 1.54) is 16.9 Å². The molecule has 0 saturated heterocycles. The standard InChI is InChI=1S/C20H24N4O2S/c1-24(2)12-20(9-10-20)18(25)23-19-22-15-16(27-19)14(11-21-17(15)26-3)13-7-5-4-6-8-13/h4-5,7,11H,6,8-10,12H2,1-3H3,(H,22,23,25). The maximum atomic E-state index is 12.8. The predicted molar refractivity (Wildman–Crippen MR) is 109 cm³/mol. The van der Waals surface area contributed by atoms with Gasteiger partial charge in [0.25, 0.3) is 0 Å². The smallest absolute Gasteiger partial charge is 0.241 e. The van der Waals surface area contributed by atoms with Crippen molar-refractivity contribution in [2.75, 3.05) is 33.1 Å². The molecule has 0 unspecified atom stereocenters. The van der Waals surface area contributed by atoms with Crippen molar-refractivity contribution in [1.29, 1.82) is 0 Å². The number of carbonyl (C=O) groups is 1. The number of anilines is 1. The Morgan fingerprint density at radius 2 is 2.22 bits per heavy atom. The number of nitrogens with zero attached hydrogens (tertiary/aromatic N) is 3. The van der Waals surface area contributed by atoms with Crippen molar-refractivity contribution in [3.8, 4) is 5.88 Å². The second-order valence-electron chi connectivity index (χ2n) is 7.51. The van der Waals surface area contributed by atoms with Crippen LogP contribution in [0.15, 0.2) is 24.4 Å². The van der Waals surface area contributed by atoms with Crippen LogP contribution in [0.4, 0.5) is 5.13 Å². The molecule has 0 aromatic carbocycles. The van der Waals surface area contributed by atoms with Crippen LogP contribution in [-0.4, -0.2) is 48.5 Å². The molecule has 1 amide bonds. The number of ether oxygens (including phenoxy) is 1. The number of methoxy groups -OCH3 is 1. The summed E-state index contributed by atoms with van der Waals surface area (Å²) in [5, 5.41) is 3.66. The Morgan fingerprint density at radius 1 is 1.41 bits per heavy atom. The first-order chi connectivity index (χ1) is 13.0. The van der Waals surface area contributed by atoms with Crippen LogP contribution in [-0.2, 0) is 4.79 Å². The summed E-state index contributed by atoms with van der Waals surface area (Å²) in [5.41, 5.74) is 2.75. The fourth-order valence-corrected chi connectivity index (χ4v) is 4.59. The predicted octanol–water partition coefficient (Wildman–Crippen LogP) is 3.71. The number of carbonyl (C=O) groups excluding carboxylic acids is 1. The molecule has 27 heavy (non-hydrogen) atoms. The van der Waals surface area contributed by atoms with Crippen LogP contribution in [0, 0.1) is 5.41 Å². The van der Waals surface area contributed by atoms with Gasteiger partial charge in [-0.15, -0.1) is 0 Å². The quantitative estimate of drug-likeness (QED) is 0.822. The molecular formula is C20H24N4O2S. The van der Waals surface area contributed by atoms with Gasteiger partial charge < -0.3 is 15.0 Å². The van der Waals surface area contributed by atoms with Crippen LogP contribution in [0.25, 0.3) is 15.8 Å². The van der Waals surface area contributed by atoms with Gasteiger partial charge in [-0.3, -0.25) is 4.79 Å². The van der Waals surface area contributed by atoms with Gasteiger partial charge in [0.15, 0.2) is 5.13 Å². The van der Waals surface area contributed by atoms with Gasteiger partial charge in [-0.05, 0) is 45.4 Å². The van der Waals surface area contributed by atoms with Crippen molar-refractivity contribution in [2.45, 2.75) is 25.7 Å². The molecule has 2 aromatic heterocycles. The Bertz CT molecular complexity index is 941. The lowest BCUT2D eigenvalue weighted by atomic mass is 9.99. The van der Waals surface area contributed by atoms with Crippen molar-refractivity contribution in [3.05, 3.63) is 30.0 Å². The summed E-state index contributed by atoms with van der Waals surface area (Å²) in [6.45, 7) is 0.763. The van der Waals surface area contributed by atoms with E-state index >= 15 is 0 Å². The van der Waals surface area contributed by atoms with Gasteiger partial charge in [0.2, 0.25) is 11.8 Å². The van der Waals surface area contributed by atoms with E-state index in [0.29, 0.717) is 16.5 Å². The fraction of sp³-hybridized carbons (Fsp3) is 0.450. The number of amides is 1. The number of hydrogen-bond donors (Lipinski definition) is 1. The topological polar surface area (TPSA) is 67.3 Å². The normalized spacial score (nSPS) is 17.9. The van der Waals surface area contributed by atoms with Crippen molar-refractivity contribution >= 4 is 38.2 Å². The number of aromatic nitrogens is 2. The van der Waals surface area contributed by atoms with Crippen molar-refractivity contribution in [1.82, 2.24) is 14.9 Å². The van der Waals surface area contributed by atoms with Crippen molar-refractivity contribution in [2.24, 2.45) is 5.41 Å². The molecule has 0 radical (unpaired) electrons. The Morgan fingerprint density at radius 3 is 2.85 bits per heavy atom. The van der Waals surface area contributed by atoms with E-state index in [1.54, 1.807) is 7.11 Å². The molecule has 2 aliphatic carbocycles. The number of fused-ring (bicyclic) bond motifs is 1. The van der Waals surface area contributed by atoms with Crippen molar-refractivity contribution < 1.29 is 9.53 Å². The third-order valence-corrected chi connectivity index (χ3v) is 6.12. The average molecular weight is 385 g/mol. The minimum atomic E-state index is -0.275. The summed E-state index contributed by atoms with van der Waals surface area (Å²) < 4.78 is 6.41. The fourth-order valence-electron chi connectivity index (χ4n) is 3.59. The number of pyridine rings is 1. The van der Waals surface area contributed by atoms with E-state index < -0.39 is 0 Å². The molecular weight excluding hydrogens is 360 g/mol. The Kier molecular flexibility index (Phi) is 4.74. The van der Waals surface area contributed by atoms with E-state index in [0.717, 1.165) is 42.5 Å². The molecule has 2 aliphatic rings. The molecule has 4 rings (SSSR count). The molecule has 2 heterocycles.